The number of thioether (sulfide) groups is 2. The fourth-order valence-corrected chi connectivity index (χ4v) is 27.2. The van der Waals surface area contributed by atoms with E-state index in [0.717, 1.165) is 101 Å². The molecule has 6 aromatic rings. The minimum absolute atomic E-state index is 0.0107. The van der Waals surface area contributed by atoms with E-state index in [-0.39, 0.29) is 142 Å². The average molecular weight is 1530 g/mol. The minimum atomic E-state index is -1.70. The first-order valence-electron chi connectivity index (χ1n) is 38.3. The van der Waals surface area contributed by atoms with Crippen molar-refractivity contribution in [2.24, 2.45) is 91.7 Å². The Morgan fingerprint density at radius 1 is 0.565 bits per heavy atom. The molecule has 562 valence electrons. The summed E-state index contributed by atoms with van der Waals surface area (Å²) in [5.74, 6) is -0.512. The van der Waals surface area contributed by atoms with E-state index in [4.69, 9.17) is 0 Å². The number of thiazole rings is 2. The lowest BCUT2D eigenvalue weighted by molar-refractivity contribution is -0.169. The number of Topliss-reactive ketones (excluding diaryl/α,β-unsaturated/α-hetero) is 5. The Balaban J connectivity index is 0.000000124. The third kappa shape index (κ3) is 11.7. The molecule has 0 bridgehead atoms. The summed E-state index contributed by atoms with van der Waals surface area (Å²) in [7, 11) is 0. The Kier molecular flexibility index (Phi) is 18.8. The number of para-hydroxylation sites is 2. The van der Waals surface area contributed by atoms with Gasteiger partial charge in [0, 0.05) is 87.7 Å². The summed E-state index contributed by atoms with van der Waals surface area (Å²) in [4.78, 5) is 141. The molecule has 12 aliphatic rings. The molecule has 22 heteroatoms. The van der Waals surface area contributed by atoms with Crippen LogP contribution in [0.3, 0.4) is 0 Å². The van der Waals surface area contributed by atoms with E-state index in [1.807, 2.05) is 106 Å². The first-order chi connectivity index (χ1) is 51.4. The molecule has 0 aliphatic heterocycles. The second kappa shape index (κ2) is 27.2. The third-order valence-electron chi connectivity index (χ3n) is 29.4. The number of benzene rings is 2. The summed E-state index contributed by atoms with van der Waals surface area (Å²) in [5.41, 5.74) is -0.936. The van der Waals surface area contributed by atoms with Gasteiger partial charge in [-0.05, 0) is 179 Å². The number of amides is 1. The smallest absolute Gasteiger partial charge is 0.258 e. The van der Waals surface area contributed by atoms with Crippen LogP contribution in [0.4, 0.5) is 5.13 Å². The fourth-order valence-electron chi connectivity index (χ4n) is 23.8. The Morgan fingerprint density at radius 3 is 1.73 bits per heavy atom. The Labute approximate surface area is 644 Å². The number of carbonyl (C=O) groups excluding carboxylic acids is 9. The van der Waals surface area contributed by atoms with Crippen molar-refractivity contribution in [1.82, 2.24) is 24.9 Å². The van der Waals surface area contributed by atoms with Crippen LogP contribution in [0.25, 0.3) is 32.6 Å². The van der Waals surface area contributed by atoms with Crippen LogP contribution in [0, 0.1) is 91.7 Å². The summed E-state index contributed by atoms with van der Waals surface area (Å²) in [6, 6.07) is 21.2. The lowest BCUT2D eigenvalue weighted by Crippen LogP contribution is -2.62. The molecule has 0 spiro atoms. The predicted octanol–water partition coefficient (Wildman–Crippen LogP) is 14.5. The summed E-state index contributed by atoms with van der Waals surface area (Å²) >= 11 is 5.45. The van der Waals surface area contributed by atoms with Crippen molar-refractivity contribution >= 4 is 125 Å². The van der Waals surface area contributed by atoms with Gasteiger partial charge in [0.15, 0.2) is 44.0 Å². The van der Waals surface area contributed by atoms with Crippen LogP contribution in [0.5, 0.6) is 0 Å². The maximum atomic E-state index is 13.8. The number of fused-ring (bicyclic) bond motifs is 17. The van der Waals surface area contributed by atoms with Gasteiger partial charge in [0.1, 0.15) is 43.9 Å². The molecule has 108 heavy (non-hydrogen) atoms. The maximum absolute atomic E-state index is 13.8. The monoisotopic (exact) mass is 1530 g/mol. The number of nitrogens with one attached hydrogen (secondary N) is 1. The molecule has 1 amide bonds. The average Bonchev–Trinajstić information content (AvgIpc) is 1.46. The molecule has 4 N–H and O–H groups in total. The number of hydrogen-bond acceptors (Lipinski definition) is 21. The van der Waals surface area contributed by atoms with Crippen LogP contribution >= 0.6 is 46.2 Å². The van der Waals surface area contributed by atoms with E-state index in [1.165, 1.54) is 46.2 Å². The first kappa shape index (κ1) is 74.6. The molecule has 18 nitrogen and oxygen atoms in total. The van der Waals surface area contributed by atoms with Gasteiger partial charge in [0.25, 0.3) is 5.91 Å². The summed E-state index contributed by atoms with van der Waals surface area (Å²) in [6.07, 6.45) is 25.1. The normalized spacial score (nSPS) is 38.1. The molecule has 4 heterocycles. The van der Waals surface area contributed by atoms with Gasteiger partial charge in [-0.3, -0.25) is 53.5 Å². The number of aromatic nitrogens is 5. The van der Waals surface area contributed by atoms with E-state index in [2.05, 4.69) is 51.0 Å². The number of pyridine rings is 1. The molecule has 12 aliphatic carbocycles. The first-order valence-corrected chi connectivity index (χ1v) is 42.0. The number of hydrogen-bond donors (Lipinski definition) is 4. The number of aliphatic hydroxyl groups is 3. The predicted molar refractivity (Wildman–Crippen MR) is 415 cm³/mol. The highest BCUT2D eigenvalue weighted by atomic mass is 32.2. The van der Waals surface area contributed by atoms with E-state index in [1.54, 1.807) is 48.8 Å². The van der Waals surface area contributed by atoms with Crippen LogP contribution < -0.4 is 5.32 Å². The molecule has 0 saturated heterocycles. The summed E-state index contributed by atoms with van der Waals surface area (Å²) in [5, 5.41) is 41.8. The van der Waals surface area contributed by atoms with Gasteiger partial charge in [-0.1, -0.05) is 155 Å². The highest BCUT2D eigenvalue weighted by Crippen LogP contribution is 2.71. The second-order valence-electron chi connectivity index (χ2n) is 34.5. The number of ketones is 8. The maximum Gasteiger partial charge on any atom is 0.258 e. The van der Waals surface area contributed by atoms with Crippen molar-refractivity contribution in [3.8, 4) is 11.3 Å². The number of anilines is 1. The van der Waals surface area contributed by atoms with Crippen molar-refractivity contribution in [3.05, 3.63) is 144 Å². The zero-order valence-electron chi connectivity index (χ0n) is 62.0. The lowest BCUT2D eigenvalue weighted by Gasteiger charge is -2.57. The molecule has 0 radical (unpaired) electrons. The topological polar surface area (TPSA) is 291 Å². The zero-order chi connectivity index (χ0) is 76.0. The van der Waals surface area contributed by atoms with Crippen molar-refractivity contribution in [3.63, 3.8) is 0 Å². The molecule has 4 aromatic heterocycles. The van der Waals surface area contributed by atoms with Gasteiger partial charge in [0.05, 0.1) is 34.4 Å². The van der Waals surface area contributed by atoms with Crippen LogP contribution in [0.2, 0.25) is 0 Å². The number of allylic oxidation sites excluding steroid dienone is 9. The van der Waals surface area contributed by atoms with Gasteiger partial charge in [-0.25, -0.2) is 19.9 Å². The molecule has 9 fully saturated rings. The molecule has 9 saturated carbocycles. The Morgan fingerprint density at radius 2 is 1.11 bits per heavy atom. The van der Waals surface area contributed by atoms with E-state index in [9.17, 15) is 58.5 Å². The van der Waals surface area contributed by atoms with Crippen LogP contribution in [0.15, 0.2) is 153 Å². The standard InChI is InChI=1S/C30H33NO4S2.C29H30N2O4S.C27H29N3O4S/c1-28-12-10-20(32)14-19(28)8-9-21-22-11-13-30(35,29(22,2)15-24(33)26(21)28)25(34)17-37-27-31-23(16-36-27)18-6-4-3-5-7-18;1-27-11-9-18(32)13-17(27)7-8-19-20-10-12-29(35,28(20,2)14-23(33)26(19)27)24(34)16-36-25-15-30-21-5-3-4-6-22(21)31-25;1-14-11-18-17-7-6-15-12-16(31)8-9-25(15,2)21(17)20(32)13-26(18,3)27(14,34)23(33)30-24-29-19-5-4-10-28-22(19)35-24/h3-7,14,16,21-22,26,35H,8-13,15,17H2,1-2H3;3-6,9,11,13,15,19-20,26,35H,7-8,10,12,14,16H2,1-2H3;4-5,8-10,12,14,17-18,21,34H,6-7,11,13H2,1-3H3,(H,29,30,33)/t21?,22?,26?,28?,29?,30-;19?,20?,26?,27?,28?,29-;14-,17?,18?,21?,25?,26?,27+/m001/s1. The molecule has 18 rings (SSSR count). The number of rotatable bonds is 11. The quantitative estimate of drug-likeness (QED) is 0.0877. The molecular weight excluding hydrogens is 1440 g/mol. The number of carbonyl (C=O) groups is 9. The van der Waals surface area contributed by atoms with Gasteiger partial charge >= 0.3 is 0 Å². The summed E-state index contributed by atoms with van der Waals surface area (Å²) < 4.78 is 0.807. The molecule has 15 unspecified atom stereocenters. The van der Waals surface area contributed by atoms with Crippen molar-refractivity contribution in [2.45, 2.75) is 177 Å². The van der Waals surface area contributed by atoms with Crippen LogP contribution in [-0.2, 0) is 43.2 Å². The highest BCUT2D eigenvalue weighted by Gasteiger charge is 2.73. The van der Waals surface area contributed by atoms with Crippen molar-refractivity contribution < 1.29 is 58.5 Å². The SMILES string of the molecule is CC12C=CC(=O)C=C1CCC1C2C(=O)CC2(C)C1CC[C@]2(O)C(=O)CSc1cnc2ccccc2n1.CC12CCC(=O)C=C1CCC1C2C(=O)CC2(C)C1CC[C@]2(O)C(=O)CSc1nc(-c2ccccc2)cs1.C[C@@H]1CC2C3CCC4=CC(=O)C=CC4(C)C3C(=O)CC2(C)[C@@]1(O)C(=O)Nc1nc2cccnc2s1. The molecule has 2 aromatic carbocycles. The summed E-state index contributed by atoms with van der Waals surface area (Å²) in [6.45, 7) is 14.1. The number of nitrogens with zero attached hydrogens (tertiary/aromatic N) is 5. The lowest BCUT2D eigenvalue weighted by atomic mass is 9.46. The zero-order valence-corrected chi connectivity index (χ0v) is 65.3. The van der Waals surface area contributed by atoms with Crippen molar-refractivity contribution in [2.75, 3.05) is 16.8 Å². The van der Waals surface area contributed by atoms with E-state index in [0.29, 0.717) is 46.2 Å². The fraction of sp³-hybridized carbons (Fsp3) is 0.512. The van der Waals surface area contributed by atoms with Gasteiger partial charge < -0.3 is 15.3 Å². The third-order valence-corrected chi connectivity index (χ3v) is 33.2. The second-order valence-corrected chi connectivity index (χ2v) is 38.5. The van der Waals surface area contributed by atoms with E-state index < -0.39 is 49.8 Å². The molecule has 19 atom stereocenters. The highest BCUT2D eigenvalue weighted by molar-refractivity contribution is 8.01. The van der Waals surface area contributed by atoms with Gasteiger partial charge in [0.2, 0.25) is 0 Å². The van der Waals surface area contributed by atoms with Crippen LogP contribution in [-0.4, -0.2) is 121 Å². The van der Waals surface area contributed by atoms with Gasteiger partial charge in [-0.2, -0.15) is 0 Å². The van der Waals surface area contributed by atoms with Crippen LogP contribution in [0.1, 0.15) is 151 Å². The van der Waals surface area contributed by atoms with Crippen molar-refractivity contribution in [1.29, 1.82) is 0 Å². The molecular formula is C86H92N6O12S4. The van der Waals surface area contributed by atoms with Gasteiger partial charge in [-0.15, -0.1) is 11.3 Å². The van der Waals surface area contributed by atoms with E-state index >= 15 is 0 Å². The largest absolute Gasteiger partial charge is 0.381 e. The minimum Gasteiger partial charge on any atom is -0.381 e. The Bertz CT molecular complexity index is 4950. The Hall–Kier alpha value is -7.44.